The molecule has 1 aromatic heterocycles. The second kappa shape index (κ2) is 17.2. The first-order valence-electron chi connectivity index (χ1n) is 18.7. The van der Waals surface area contributed by atoms with Crippen LogP contribution in [0.4, 0.5) is 5.82 Å². The number of nitrogens with two attached hydrogens (primary N) is 1. The lowest BCUT2D eigenvalue weighted by atomic mass is 9.79. The largest absolute Gasteiger partial charge is 0.497 e. The standard InChI is InChI=1S/C42H52N5O7P/c1-28(2)47(29(3)4)55(52-25-11-23-43)54-38-37-30(5)26-41(38,53-39(37)46-24-22-36(44)45-40(46)48)27-51-42(31-12-9-8-10-13-31,32-14-18-34(49-6)19-15-32)33-16-20-35(50-7)21-17-33/h8-10,12-22,24,28-30,37-39H,11,25-27H2,1-7H3,(H2,44,45,48)/t30-,37-,38+,39-,41+,55?/m1/s1. The van der Waals surface area contributed by atoms with Gasteiger partial charge < -0.3 is 33.7 Å². The minimum absolute atomic E-state index is 0.0485. The normalized spacial score (nSPS) is 22.6. The fraction of sp³-hybridized carbons (Fsp3) is 0.452. The molecule has 13 heteroatoms. The summed E-state index contributed by atoms with van der Waals surface area (Å²) >= 11 is 0. The predicted octanol–water partition coefficient (Wildman–Crippen LogP) is 7.44. The number of nitriles is 1. The molecule has 6 atom stereocenters. The number of fused-ring (bicyclic) bond motifs is 2. The third kappa shape index (κ3) is 8.01. The number of benzene rings is 3. The molecular formula is C42H52N5O7P. The van der Waals surface area contributed by atoms with Gasteiger partial charge in [-0.05, 0) is 87.1 Å². The molecule has 292 valence electrons. The molecule has 2 N–H and O–H groups in total. The van der Waals surface area contributed by atoms with Crippen LogP contribution in [0.3, 0.4) is 0 Å². The van der Waals surface area contributed by atoms with Crippen molar-refractivity contribution in [2.24, 2.45) is 11.8 Å². The molecule has 2 bridgehead atoms. The molecule has 12 nitrogen and oxygen atoms in total. The van der Waals surface area contributed by atoms with E-state index >= 15 is 0 Å². The van der Waals surface area contributed by atoms with Gasteiger partial charge in [0.1, 0.15) is 40.9 Å². The number of ether oxygens (including phenoxy) is 4. The zero-order chi connectivity index (χ0) is 39.3. The van der Waals surface area contributed by atoms with E-state index in [-0.39, 0.29) is 49.4 Å². The van der Waals surface area contributed by atoms with Gasteiger partial charge in [-0.25, -0.2) is 9.46 Å². The molecule has 55 heavy (non-hydrogen) atoms. The summed E-state index contributed by atoms with van der Waals surface area (Å²) in [6, 6.07) is 29.8. The first-order chi connectivity index (χ1) is 26.5. The van der Waals surface area contributed by atoms with Crippen LogP contribution in [0.5, 0.6) is 11.5 Å². The topological polar surface area (TPSA) is 143 Å². The molecule has 0 radical (unpaired) electrons. The van der Waals surface area contributed by atoms with Crippen molar-refractivity contribution in [3.05, 3.63) is 118 Å². The van der Waals surface area contributed by atoms with E-state index < -0.39 is 37.7 Å². The maximum atomic E-state index is 13.4. The number of rotatable bonds is 17. The fourth-order valence-electron chi connectivity index (χ4n) is 8.21. The summed E-state index contributed by atoms with van der Waals surface area (Å²) in [6.45, 7) is 10.9. The van der Waals surface area contributed by atoms with E-state index in [1.807, 2.05) is 66.7 Å². The van der Waals surface area contributed by atoms with Crippen LogP contribution in [-0.2, 0) is 24.1 Å². The summed E-state index contributed by atoms with van der Waals surface area (Å²) in [5, 5.41) is 9.41. The molecule has 1 saturated carbocycles. The van der Waals surface area contributed by atoms with Crippen LogP contribution in [0.25, 0.3) is 0 Å². The first kappa shape index (κ1) is 40.3. The van der Waals surface area contributed by atoms with Crippen molar-refractivity contribution in [2.75, 3.05) is 33.2 Å². The van der Waals surface area contributed by atoms with E-state index in [9.17, 15) is 10.1 Å². The van der Waals surface area contributed by atoms with Crippen molar-refractivity contribution >= 4 is 14.3 Å². The third-order valence-electron chi connectivity index (χ3n) is 10.6. The van der Waals surface area contributed by atoms with Gasteiger partial charge in [0.15, 0.2) is 0 Å². The Morgan fingerprint density at radius 1 is 0.964 bits per heavy atom. The van der Waals surface area contributed by atoms with Gasteiger partial charge in [0.2, 0.25) is 0 Å². The summed E-state index contributed by atoms with van der Waals surface area (Å²) in [5.74, 6) is 1.34. The average Bonchev–Trinajstić information content (AvgIpc) is 3.62. The number of hydrogen-bond donors (Lipinski definition) is 1. The highest BCUT2D eigenvalue weighted by molar-refractivity contribution is 7.44. The molecule has 1 aliphatic heterocycles. The number of aromatic nitrogens is 2. The van der Waals surface area contributed by atoms with Crippen LogP contribution in [0.1, 0.15) is 70.4 Å². The Hall–Kier alpha value is -4.34. The predicted molar refractivity (Wildman–Crippen MR) is 211 cm³/mol. The lowest BCUT2D eigenvalue weighted by Crippen LogP contribution is -2.47. The Balaban J connectivity index is 1.50. The highest BCUT2D eigenvalue weighted by Gasteiger charge is 2.66. The van der Waals surface area contributed by atoms with E-state index in [0.29, 0.717) is 17.9 Å². The van der Waals surface area contributed by atoms with E-state index in [1.165, 1.54) is 4.57 Å². The van der Waals surface area contributed by atoms with Crippen molar-refractivity contribution in [1.29, 1.82) is 5.26 Å². The van der Waals surface area contributed by atoms with E-state index in [4.69, 9.17) is 33.7 Å². The molecule has 1 saturated heterocycles. The van der Waals surface area contributed by atoms with Crippen molar-refractivity contribution in [3.63, 3.8) is 0 Å². The lowest BCUT2D eigenvalue weighted by Gasteiger charge is -2.42. The molecule has 1 unspecified atom stereocenters. The Labute approximate surface area is 325 Å². The molecule has 1 aliphatic carbocycles. The van der Waals surface area contributed by atoms with Gasteiger partial charge in [-0.2, -0.15) is 10.2 Å². The quantitative estimate of drug-likeness (QED) is 0.0651. The van der Waals surface area contributed by atoms with E-state index in [1.54, 1.807) is 26.5 Å². The molecule has 2 heterocycles. The number of anilines is 1. The van der Waals surface area contributed by atoms with Gasteiger partial charge in [-0.1, -0.05) is 61.5 Å². The third-order valence-corrected chi connectivity index (χ3v) is 12.7. The zero-order valence-corrected chi connectivity index (χ0v) is 33.5. The number of nitrogen functional groups attached to an aromatic ring is 1. The molecule has 6 rings (SSSR count). The molecule has 4 aromatic rings. The van der Waals surface area contributed by atoms with Crippen LogP contribution in [0.15, 0.2) is 95.9 Å². The van der Waals surface area contributed by atoms with Gasteiger partial charge in [-0.3, -0.25) is 4.57 Å². The van der Waals surface area contributed by atoms with Crippen molar-refractivity contribution in [1.82, 2.24) is 14.2 Å². The zero-order valence-electron chi connectivity index (χ0n) is 32.6. The van der Waals surface area contributed by atoms with Crippen molar-refractivity contribution in [2.45, 2.75) is 83.1 Å². The monoisotopic (exact) mass is 769 g/mol. The summed E-state index contributed by atoms with van der Waals surface area (Å²) < 4.78 is 43.1. The van der Waals surface area contributed by atoms with E-state index in [0.717, 1.165) is 16.7 Å². The fourth-order valence-corrected chi connectivity index (χ4v) is 10.0. The van der Waals surface area contributed by atoms with Crippen LogP contribution in [0.2, 0.25) is 0 Å². The van der Waals surface area contributed by atoms with Gasteiger partial charge in [-0.15, -0.1) is 0 Å². The van der Waals surface area contributed by atoms with Gasteiger partial charge >= 0.3 is 5.69 Å². The second-order valence-electron chi connectivity index (χ2n) is 14.7. The number of methoxy groups -OCH3 is 2. The molecule has 0 amide bonds. The number of nitrogens with zero attached hydrogens (tertiary/aromatic N) is 4. The summed E-state index contributed by atoms with van der Waals surface area (Å²) in [7, 11) is 1.61. The maximum absolute atomic E-state index is 13.4. The molecule has 0 spiro atoms. The molecule has 2 fully saturated rings. The van der Waals surface area contributed by atoms with E-state index in [2.05, 4.69) is 62.5 Å². The molecule has 2 aliphatic rings. The molecule has 3 aromatic carbocycles. The van der Waals surface area contributed by atoms with Crippen molar-refractivity contribution < 1.29 is 28.0 Å². The Morgan fingerprint density at radius 2 is 1.55 bits per heavy atom. The smallest absolute Gasteiger partial charge is 0.351 e. The lowest BCUT2D eigenvalue weighted by molar-refractivity contribution is -0.174. The van der Waals surface area contributed by atoms with Crippen LogP contribution >= 0.6 is 8.53 Å². The highest BCUT2D eigenvalue weighted by Crippen LogP contribution is 2.62. The van der Waals surface area contributed by atoms with Crippen LogP contribution < -0.4 is 20.9 Å². The van der Waals surface area contributed by atoms with Crippen LogP contribution in [-0.4, -0.2) is 65.4 Å². The van der Waals surface area contributed by atoms with Gasteiger partial charge in [0.05, 0.1) is 39.9 Å². The summed E-state index contributed by atoms with van der Waals surface area (Å²) in [6.07, 6.45) is 1.17. The van der Waals surface area contributed by atoms with Crippen LogP contribution in [0, 0.1) is 23.2 Å². The number of hydrogen-bond acceptors (Lipinski definition) is 11. The minimum atomic E-state index is -1.68. The maximum Gasteiger partial charge on any atom is 0.351 e. The second-order valence-corrected chi connectivity index (χ2v) is 16.1. The minimum Gasteiger partial charge on any atom is -0.497 e. The Morgan fingerprint density at radius 3 is 2.07 bits per heavy atom. The van der Waals surface area contributed by atoms with Gasteiger partial charge in [0, 0.05) is 24.2 Å². The highest BCUT2D eigenvalue weighted by atomic mass is 31.2. The molecular weight excluding hydrogens is 717 g/mol. The Bertz CT molecular complexity index is 1920. The SMILES string of the molecule is COc1ccc(C(OC[C@]23C[C@@H](C)[C@@H]([C@H](n4ccc(N)nc4=O)O2)[C@@H]3OP(OCCC#N)N(C(C)C)C(C)C)(c2ccccc2)c2ccc(OC)cc2)cc1. The Kier molecular flexibility index (Phi) is 12.6. The van der Waals surface area contributed by atoms with Crippen molar-refractivity contribution in [3.8, 4) is 17.6 Å². The first-order valence-corrected chi connectivity index (χ1v) is 19.9. The van der Waals surface area contributed by atoms with Gasteiger partial charge in [0.25, 0.3) is 8.53 Å². The average molecular weight is 770 g/mol. The summed E-state index contributed by atoms with van der Waals surface area (Å²) in [4.78, 5) is 17.5. The summed E-state index contributed by atoms with van der Waals surface area (Å²) in [5.41, 5.74) is 5.92.